The first-order chi connectivity index (χ1) is 8.61. The zero-order valence-corrected chi connectivity index (χ0v) is 11.9. The van der Waals surface area contributed by atoms with Crippen molar-refractivity contribution in [3.63, 3.8) is 0 Å². The highest BCUT2D eigenvalue weighted by atomic mass is 15.2. The SMILES string of the molecule is Cc1ccc(C)c(C(NN)C2CCCC(C)C2)c1. The van der Waals surface area contributed by atoms with Crippen molar-refractivity contribution in [2.75, 3.05) is 0 Å². The Labute approximate surface area is 111 Å². The lowest BCUT2D eigenvalue weighted by atomic mass is 9.76. The van der Waals surface area contributed by atoms with Gasteiger partial charge in [0, 0.05) is 6.04 Å². The molecule has 100 valence electrons. The molecule has 0 saturated heterocycles. The van der Waals surface area contributed by atoms with Crippen molar-refractivity contribution in [1.29, 1.82) is 0 Å². The van der Waals surface area contributed by atoms with Gasteiger partial charge in [-0.1, -0.05) is 43.5 Å². The van der Waals surface area contributed by atoms with Crippen molar-refractivity contribution in [1.82, 2.24) is 5.43 Å². The Kier molecular flexibility index (Phi) is 4.41. The van der Waals surface area contributed by atoms with Gasteiger partial charge >= 0.3 is 0 Å². The fourth-order valence-electron chi connectivity index (χ4n) is 3.36. The van der Waals surface area contributed by atoms with E-state index in [0.717, 1.165) is 5.92 Å². The first-order valence-corrected chi connectivity index (χ1v) is 7.15. The van der Waals surface area contributed by atoms with Gasteiger partial charge in [0.2, 0.25) is 0 Å². The van der Waals surface area contributed by atoms with Gasteiger partial charge in [0.25, 0.3) is 0 Å². The molecule has 0 bridgehead atoms. The van der Waals surface area contributed by atoms with Gasteiger partial charge in [0.15, 0.2) is 0 Å². The molecule has 1 fully saturated rings. The summed E-state index contributed by atoms with van der Waals surface area (Å²) in [6.07, 6.45) is 5.31. The van der Waals surface area contributed by atoms with Crippen molar-refractivity contribution in [3.8, 4) is 0 Å². The van der Waals surface area contributed by atoms with E-state index in [2.05, 4.69) is 44.4 Å². The maximum atomic E-state index is 5.85. The minimum Gasteiger partial charge on any atom is -0.271 e. The van der Waals surface area contributed by atoms with Gasteiger partial charge < -0.3 is 0 Å². The van der Waals surface area contributed by atoms with E-state index >= 15 is 0 Å². The predicted molar refractivity (Wildman–Crippen MR) is 77.1 cm³/mol. The van der Waals surface area contributed by atoms with E-state index in [1.807, 2.05) is 0 Å². The molecule has 0 spiro atoms. The van der Waals surface area contributed by atoms with Gasteiger partial charge in [-0.15, -0.1) is 0 Å². The Morgan fingerprint density at radius 2 is 2.06 bits per heavy atom. The van der Waals surface area contributed by atoms with Crippen LogP contribution in [0.25, 0.3) is 0 Å². The average Bonchev–Trinajstić information content (AvgIpc) is 2.35. The second-order valence-corrected chi connectivity index (χ2v) is 6.04. The summed E-state index contributed by atoms with van der Waals surface area (Å²) in [6.45, 7) is 6.70. The molecule has 3 N–H and O–H groups in total. The summed E-state index contributed by atoms with van der Waals surface area (Å²) in [7, 11) is 0. The molecule has 0 amide bonds. The third kappa shape index (κ3) is 2.93. The second kappa shape index (κ2) is 5.85. The van der Waals surface area contributed by atoms with Gasteiger partial charge in [-0.3, -0.25) is 11.3 Å². The highest BCUT2D eigenvalue weighted by Crippen LogP contribution is 2.37. The van der Waals surface area contributed by atoms with Gasteiger partial charge in [0.1, 0.15) is 0 Å². The number of rotatable bonds is 3. The molecular weight excluding hydrogens is 220 g/mol. The van der Waals surface area contributed by atoms with Crippen LogP contribution in [-0.4, -0.2) is 0 Å². The van der Waals surface area contributed by atoms with Crippen LogP contribution in [0.3, 0.4) is 0 Å². The molecule has 1 aliphatic rings. The highest BCUT2D eigenvalue weighted by molar-refractivity contribution is 5.33. The van der Waals surface area contributed by atoms with E-state index < -0.39 is 0 Å². The van der Waals surface area contributed by atoms with Crippen LogP contribution in [0.1, 0.15) is 55.3 Å². The molecule has 0 aromatic heterocycles. The largest absolute Gasteiger partial charge is 0.271 e. The Bertz CT molecular complexity index is 400. The van der Waals surface area contributed by atoms with E-state index in [4.69, 9.17) is 5.84 Å². The maximum absolute atomic E-state index is 5.85. The van der Waals surface area contributed by atoms with Crippen molar-refractivity contribution in [3.05, 3.63) is 34.9 Å². The monoisotopic (exact) mass is 246 g/mol. The number of nitrogens with one attached hydrogen (secondary N) is 1. The van der Waals surface area contributed by atoms with E-state index in [9.17, 15) is 0 Å². The topological polar surface area (TPSA) is 38.0 Å². The fraction of sp³-hybridized carbons (Fsp3) is 0.625. The van der Waals surface area contributed by atoms with Crippen LogP contribution in [0.4, 0.5) is 0 Å². The average molecular weight is 246 g/mol. The fourth-order valence-corrected chi connectivity index (χ4v) is 3.36. The molecule has 3 unspecified atom stereocenters. The van der Waals surface area contributed by atoms with E-state index in [1.54, 1.807) is 0 Å². The molecule has 0 aliphatic heterocycles. The summed E-state index contributed by atoms with van der Waals surface area (Å²) >= 11 is 0. The first-order valence-electron chi connectivity index (χ1n) is 7.15. The first kappa shape index (κ1) is 13.6. The predicted octanol–water partition coefficient (Wildman–Crippen LogP) is 3.63. The lowest BCUT2D eigenvalue weighted by molar-refractivity contribution is 0.224. The van der Waals surface area contributed by atoms with Crippen LogP contribution in [-0.2, 0) is 0 Å². The van der Waals surface area contributed by atoms with Gasteiger partial charge in [-0.05, 0) is 49.7 Å². The number of nitrogens with two attached hydrogens (primary N) is 1. The van der Waals surface area contributed by atoms with Crippen LogP contribution in [0, 0.1) is 25.7 Å². The molecule has 2 rings (SSSR count). The van der Waals surface area contributed by atoms with Crippen molar-refractivity contribution < 1.29 is 0 Å². The van der Waals surface area contributed by atoms with Gasteiger partial charge in [-0.2, -0.15) is 0 Å². The number of hydrogen-bond donors (Lipinski definition) is 2. The standard InChI is InChI=1S/C16H26N2/c1-11-5-4-6-14(9-11)16(18-17)15-10-12(2)7-8-13(15)3/h7-8,10-11,14,16,18H,4-6,9,17H2,1-3H3. The molecule has 3 atom stereocenters. The quantitative estimate of drug-likeness (QED) is 0.631. The smallest absolute Gasteiger partial charge is 0.0490 e. The second-order valence-electron chi connectivity index (χ2n) is 6.04. The number of aryl methyl sites for hydroxylation is 2. The molecule has 2 heteroatoms. The molecule has 1 aromatic carbocycles. The van der Waals surface area contributed by atoms with Crippen LogP contribution < -0.4 is 11.3 Å². The Morgan fingerprint density at radius 1 is 1.28 bits per heavy atom. The summed E-state index contributed by atoms with van der Waals surface area (Å²) in [5, 5.41) is 0. The lowest BCUT2D eigenvalue weighted by Crippen LogP contribution is -2.36. The van der Waals surface area contributed by atoms with E-state index in [-0.39, 0.29) is 0 Å². The molecule has 1 saturated carbocycles. The van der Waals surface area contributed by atoms with Crippen LogP contribution >= 0.6 is 0 Å². The van der Waals surface area contributed by atoms with E-state index in [0.29, 0.717) is 12.0 Å². The van der Waals surface area contributed by atoms with Gasteiger partial charge in [0.05, 0.1) is 0 Å². The number of hydrazine groups is 1. The summed E-state index contributed by atoms with van der Waals surface area (Å²) in [5.41, 5.74) is 7.13. The third-order valence-corrected chi connectivity index (χ3v) is 4.40. The van der Waals surface area contributed by atoms with Gasteiger partial charge in [-0.25, -0.2) is 0 Å². The minimum absolute atomic E-state index is 0.313. The summed E-state index contributed by atoms with van der Waals surface area (Å²) in [5.74, 6) is 7.37. The van der Waals surface area contributed by atoms with Crippen molar-refractivity contribution in [2.45, 2.75) is 52.5 Å². The Morgan fingerprint density at radius 3 is 2.72 bits per heavy atom. The molecular formula is C16H26N2. The summed E-state index contributed by atoms with van der Waals surface area (Å²) < 4.78 is 0. The zero-order chi connectivity index (χ0) is 13.1. The molecule has 1 aromatic rings. The Hall–Kier alpha value is -0.860. The zero-order valence-electron chi connectivity index (χ0n) is 11.9. The summed E-state index contributed by atoms with van der Waals surface area (Å²) in [4.78, 5) is 0. The Balaban J connectivity index is 2.24. The van der Waals surface area contributed by atoms with Crippen LogP contribution in [0.5, 0.6) is 0 Å². The van der Waals surface area contributed by atoms with Crippen molar-refractivity contribution in [2.24, 2.45) is 17.7 Å². The lowest BCUT2D eigenvalue weighted by Gasteiger charge is -2.34. The number of hydrogen-bond acceptors (Lipinski definition) is 2. The maximum Gasteiger partial charge on any atom is 0.0490 e. The van der Waals surface area contributed by atoms with E-state index in [1.165, 1.54) is 42.4 Å². The van der Waals surface area contributed by atoms with Crippen molar-refractivity contribution >= 4 is 0 Å². The molecule has 0 heterocycles. The molecule has 18 heavy (non-hydrogen) atoms. The molecule has 0 radical (unpaired) electrons. The van der Waals surface area contributed by atoms with Crippen LogP contribution in [0.2, 0.25) is 0 Å². The van der Waals surface area contributed by atoms with Crippen LogP contribution in [0.15, 0.2) is 18.2 Å². The highest BCUT2D eigenvalue weighted by Gasteiger charge is 2.27. The third-order valence-electron chi connectivity index (χ3n) is 4.40. The molecule has 1 aliphatic carbocycles. The summed E-state index contributed by atoms with van der Waals surface area (Å²) in [6, 6.07) is 6.99. The minimum atomic E-state index is 0.313. The number of benzene rings is 1. The molecule has 2 nitrogen and oxygen atoms in total. The normalized spacial score (nSPS) is 26.0.